The Kier molecular flexibility index (Phi) is 5.73. The van der Waals surface area contributed by atoms with Crippen LogP contribution in [-0.4, -0.2) is 79.2 Å². The van der Waals surface area contributed by atoms with Crippen LogP contribution in [0.1, 0.15) is 16.7 Å². The molecule has 0 unspecified atom stereocenters. The summed E-state index contributed by atoms with van der Waals surface area (Å²) in [5, 5.41) is 1.03. The number of hydrogen-bond acceptors (Lipinski definition) is 9. The van der Waals surface area contributed by atoms with Crippen molar-refractivity contribution in [3.63, 3.8) is 0 Å². The van der Waals surface area contributed by atoms with Crippen LogP contribution in [0.5, 0.6) is 0 Å². The zero-order valence-electron chi connectivity index (χ0n) is 20.4. The first kappa shape index (κ1) is 23.2. The number of nitrogens with zero attached hydrogens (tertiary/aromatic N) is 5. The normalized spacial score (nSPS) is 19.6. The minimum absolute atomic E-state index is 0.222. The average Bonchev–Trinajstić information content (AvgIpc) is 3.54. The maximum absolute atomic E-state index is 11.8. The van der Waals surface area contributed by atoms with Gasteiger partial charge in [0.25, 0.3) is 0 Å². The Labute approximate surface area is 219 Å². The van der Waals surface area contributed by atoms with E-state index in [-0.39, 0.29) is 11.5 Å². The van der Waals surface area contributed by atoms with Crippen LogP contribution in [0.15, 0.2) is 36.5 Å². The first-order valence-electron chi connectivity index (χ1n) is 12.7. The van der Waals surface area contributed by atoms with E-state index in [0.29, 0.717) is 32.8 Å². The first-order valence-corrected chi connectivity index (χ1v) is 15.3. The predicted molar refractivity (Wildman–Crippen MR) is 148 cm³/mol. The van der Waals surface area contributed by atoms with Crippen LogP contribution >= 0.6 is 11.3 Å². The van der Waals surface area contributed by atoms with Gasteiger partial charge in [0.15, 0.2) is 21.5 Å². The van der Waals surface area contributed by atoms with Crippen molar-refractivity contribution in [1.82, 2.24) is 19.9 Å². The molecule has 0 atom stereocenters. The van der Waals surface area contributed by atoms with Crippen LogP contribution in [0, 0.1) is 0 Å². The van der Waals surface area contributed by atoms with Gasteiger partial charge in [-0.1, -0.05) is 30.4 Å². The number of rotatable bonds is 4. The van der Waals surface area contributed by atoms with Crippen molar-refractivity contribution < 1.29 is 13.2 Å². The van der Waals surface area contributed by atoms with Gasteiger partial charge in [-0.05, 0) is 29.2 Å². The molecular weight excluding hydrogens is 506 g/mol. The zero-order chi connectivity index (χ0) is 25.0. The Morgan fingerprint density at radius 3 is 2.73 bits per heavy atom. The highest BCUT2D eigenvalue weighted by atomic mass is 32.2. The fourth-order valence-electron chi connectivity index (χ4n) is 5.41. The molecule has 37 heavy (non-hydrogen) atoms. The molecule has 3 aliphatic rings. The van der Waals surface area contributed by atoms with Gasteiger partial charge in [0.2, 0.25) is 0 Å². The monoisotopic (exact) mass is 533 g/mol. The number of morpholine rings is 1. The van der Waals surface area contributed by atoms with Crippen LogP contribution in [0.3, 0.4) is 0 Å². The van der Waals surface area contributed by atoms with Crippen molar-refractivity contribution in [3.05, 3.63) is 53.2 Å². The van der Waals surface area contributed by atoms with Crippen molar-refractivity contribution in [3.8, 4) is 11.4 Å². The van der Waals surface area contributed by atoms with Gasteiger partial charge in [0.1, 0.15) is 4.83 Å². The number of fused-ring (bicyclic) bond motifs is 4. The Morgan fingerprint density at radius 2 is 1.89 bits per heavy atom. The van der Waals surface area contributed by atoms with Gasteiger partial charge in [-0.25, -0.2) is 23.4 Å². The molecule has 1 aliphatic carbocycles. The Morgan fingerprint density at radius 1 is 1.05 bits per heavy atom. The summed E-state index contributed by atoms with van der Waals surface area (Å²) in [6.07, 6.45) is 7.22. The minimum Gasteiger partial charge on any atom is -0.378 e. The number of benzene rings is 1. The summed E-state index contributed by atoms with van der Waals surface area (Å²) >= 11 is 1.64. The average molecular weight is 534 g/mol. The van der Waals surface area contributed by atoms with Gasteiger partial charge < -0.3 is 9.64 Å². The van der Waals surface area contributed by atoms with Crippen LogP contribution < -0.4 is 4.90 Å². The van der Waals surface area contributed by atoms with E-state index in [0.717, 1.165) is 62.7 Å². The Balaban J connectivity index is 1.35. The van der Waals surface area contributed by atoms with Crippen molar-refractivity contribution in [2.45, 2.75) is 13.0 Å². The molecule has 3 aromatic heterocycles. The van der Waals surface area contributed by atoms with Crippen LogP contribution in [0.2, 0.25) is 0 Å². The van der Waals surface area contributed by atoms with Crippen molar-refractivity contribution >= 4 is 53.5 Å². The number of ether oxygens (including phenoxy) is 1. The van der Waals surface area contributed by atoms with Crippen LogP contribution in [0.4, 0.5) is 5.82 Å². The molecule has 190 valence electrons. The first-order chi connectivity index (χ1) is 18.0. The van der Waals surface area contributed by atoms with Crippen molar-refractivity contribution in [2.75, 3.05) is 55.8 Å². The smallest absolute Gasteiger partial charge is 0.162 e. The number of sulfone groups is 1. The summed E-state index contributed by atoms with van der Waals surface area (Å²) in [7, 11) is -2.90. The maximum Gasteiger partial charge on any atom is 0.162 e. The van der Waals surface area contributed by atoms with E-state index in [4.69, 9.17) is 19.7 Å². The van der Waals surface area contributed by atoms with E-state index in [1.807, 2.05) is 6.20 Å². The molecule has 5 heterocycles. The van der Waals surface area contributed by atoms with Gasteiger partial charge in [-0.2, -0.15) is 0 Å². The highest BCUT2D eigenvalue weighted by molar-refractivity contribution is 7.91. The molecule has 2 saturated heterocycles. The lowest BCUT2D eigenvalue weighted by Crippen LogP contribution is -2.39. The third kappa shape index (κ3) is 4.31. The molecule has 0 N–H and O–H groups in total. The third-order valence-electron chi connectivity index (χ3n) is 7.42. The topological polar surface area (TPSA) is 88.5 Å². The van der Waals surface area contributed by atoms with Gasteiger partial charge in [-0.15, -0.1) is 11.3 Å². The van der Waals surface area contributed by atoms with E-state index in [1.54, 1.807) is 11.3 Å². The van der Waals surface area contributed by atoms with Crippen molar-refractivity contribution in [1.29, 1.82) is 0 Å². The summed E-state index contributed by atoms with van der Waals surface area (Å²) in [5.74, 6) is 2.14. The largest absolute Gasteiger partial charge is 0.378 e. The van der Waals surface area contributed by atoms with Gasteiger partial charge >= 0.3 is 0 Å². The van der Waals surface area contributed by atoms with Gasteiger partial charge in [-0.3, -0.25) is 4.90 Å². The molecule has 2 aliphatic heterocycles. The molecule has 4 aromatic rings. The van der Waals surface area contributed by atoms with Crippen molar-refractivity contribution in [2.24, 2.45) is 0 Å². The lowest BCUT2D eigenvalue weighted by molar-refractivity contribution is 0.122. The second-order valence-corrected chi connectivity index (χ2v) is 13.2. The molecule has 0 amide bonds. The molecular formula is C27H27N5O3S2. The molecule has 0 saturated carbocycles. The van der Waals surface area contributed by atoms with Crippen LogP contribution in [0.25, 0.3) is 37.9 Å². The lowest BCUT2D eigenvalue weighted by atomic mass is 10.0. The summed E-state index contributed by atoms with van der Waals surface area (Å²) in [4.78, 5) is 20.5. The molecule has 10 heteroatoms. The number of hydrogen-bond donors (Lipinski definition) is 0. The fourth-order valence-corrected chi connectivity index (χ4v) is 7.77. The molecule has 2 fully saturated rings. The molecule has 7 rings (SSSR count). The number of aromatic nitrogens is 3. The summed E-state index contributed by atoms with van der Waals surface area (Å²) in [6, 6.07) is 8.55. The maximum atomic E-state index is 11.8. The summed E-state index contributed by atoms with van der Waals surface area (Å²) in [5.41, 5.74) is 5.57. The lowest BCUT2D eigenvalue weighted by Gasteiger charge is -2.28. The predicted octanol–water partition coefficient (Wildman–Crippen LogP) is 3.54. The highest BCUT2D eigenvalue weighted by Gasteiger charge is 2.25. The number of anilines is 1. The summed E-state index contributed by atoms with van der Waals surface area (Å²) in [6.45, 7) is 4.76. The third-order valence-corrected chi connectivity index (χ3v) is 10.1. The fraction of sp³-hybridized carbons (Fsp3) is 0.370. The van der Waals surface area contributed by atoms with Gasteiger partial charge in [0, 0.05) is 49.9 Å². The van der Waals surface area contributed by atoms with E-state index < -0.39 is 9.84 Å². The highest BCUT2D eigenvalue weighted by Crippen LogP contribution is 2.40. The van der Waals surface area contributed by atoms with E-state index in [9.17, 15) is 8.42 Å². The minimum atomic E-state index is -2.90. The SMILES string of the molecule is O=S1(=O)CCN(Cc2cnc3sc4c(N5CCOCC5)nc(-c5cccc6c5C=CC6)nc4c3c2)CC1. The quantitative estimate of drug-likeness (QED) is 0.394. The molecule has 0 radical (unpaired) electrons. The molecule has 8 nitrogen and oxygen atoms in total. The van der Waals surface area contributed by atoms with E-state index >= 15 is 0 Å². The summed E-state index contributed by atoms with van der Waals surface area (Å²) < 4.78 is 30.4. The molecule has 1 aromatic carbocycles. The second kappa shape index (κ2) is 9.13. The Hall–Kier alpha value is -2.92. The molecule has 0 spiro atoms. The second-order valence-electron chi connectivity index (χ2n) is 9.86. The number of pyridine rings is 1. The number of allylic oxidation sites excluding steroid dienone is 1. The molecule has 0 bridgehead atoms. The zero-order valence-corrected chi connectivity index (χ0v) is 22.0. The Bertz CT molecular complexity index is 1640. The van der Waals surface area contributed by atoms with E-state index in [1.165, 1.54) is 11.1 Å². The van der Waals surface area contributed by atoms with Crippen LogP contribution in [-0.2, 0) is 27.5 Å². The van der Waals surface area contributed by atoms with Gasteiger partial charge in [0.05, 0.1) is 34.9 Å². The standard InChI is InChI=1S/C27H27N5O3S2/c33-37(34)13-9-31(10-14-37)17-18-15-22-23-24(36-27(22)28-16-18)26(32-7-11-35-12-8-32)30-25(29-23)21-6-2-4-19-3-1-5-20(19)21/h1-2,4-6,15-16H,3,7-14,17H2. The van der Waals surface area contributed by atoms with E-state index in [2.05, 4.69) is 46.2 Å². The number of thiophene rings is 1.